The lowest BCUT2D eigenvalue weighted by molar-refractivity contribution is 0.0956. The van der Waals surface area contributed by atoms with Gasteiger partial charge < -0.3 is 21.3 Å². The second kappa shape index (κ2) is 8.53. The summed E-state index contributed by atoms with van der Waals surface area (Å²) in [6.07, 6.45) is 2.14. The fourth-order valence-electron chi connectivity index (χ4n) is 4.86. The molecule has 6 nitrogen and oxygen atoms in total. The van der Waals surface area contributed by atoms with E-state index in [9.17, 15) is 13.6 Å². The molecule has 33 heavy (non-hydrogen) atoms. The van der Waals surface area contributed by atoms with Gasteiger partial charge in [-0.15, -0.1) is 11.3 Å². The number of nitrogen functional groups attached to an aromatic ring is 1. The van der Waals surface area contributed by atoms with Crippen LogP contribution in [-0.4, -0.2) is 42.6 Å². The number of anilines is 2. The highest BCUT2D eigenvalue weighted by molar-refractivity contribution is 7.21. The van der Waals surface area contributed by atoms with E-state index in [4.69, 9.17) is 5.73 Å². The van der Waals surface area contributed by atoms with E-state index in [1.165, 1.54) is 23.5 Å². The molecule has 1 aromatic carbocycles. The predicted molar refractivity (Wildman–Crippen MR) is 128 cm³/mol. The Morgan fingerprint density at radius 1 is 1.27 bits per heavy atom. The van der Waals surface area contributed by atoms with Crippen LogP contribution in [0.15, 0.2) is 24.3 Å². The van der Waals surface area contributed by atoms with Gasteiger partial charge in [0.15, 0.2) is 0 Å². The van der Waals surface area contributed by atoms with E-state index < -0.39 is 17.6 Å². The SMILES string of the molecule is Cc1ccc2c(N)c(C(=O)NCC(C)c3cc(F)c(N4CC5CCC(C4)N5)cc3F)sc2n1. The minimum absolute atomic E-state index is 0.159. The van der Waals surface area contributed by atoms with Crippen molar-refractivity contribution in [2.45, 2.75) is 44.7 Å². The van der Waals surface area contributed by atoms with Crippen molar-refractivity contribution in [1.82, 2.24) is 15.6 Å². The van der Waals surface area contributed by atoms with E-state index in [2.05, 4.69) is 15.6 Å². The molecule has 4 heterocycles. The first-order valence-corrected chi connectivity index (χ1v) is 12.1. The van der Waals surface area contributed by atoms with Crippen LogP contribution in [-0.2, 0) is 0 Å². The molecule has 2 bridgehead atoms. The number of amides is 1. The molecule has 3 unspecified atom stereocenters. The molecule has 2 aliphatic rings. The Labute approximate surface area is 195 Å². The van der Waals surface area contributed by atoms with Crippen LogP contribution in [0.1, 0.15) is 46.6 Å². The molecule has 1 amide bonds. The highest BCUT2D eigenvalue weighted by Gasteiger charge is 2.33. The summed E-state index contributed by atoms with van der Waals surface area (Å²) >= 11 is 1.23. The number of piperazine rings is 1. The van der Waals surface area contributed by atoms with Crippen LogP contribution < -0.4 is 21.3 Å². The average molecular weight is 472 g/mol. The summed E-state index contributed by atoms with van der Waals surface area (Å²) in [5, 5.41) is 7.06. The number of nitrogens with zero attached hydrogens (tertiary/aromatic N) is 2. The lowest BCUT2D eigenvalue weighted by atomic mass is 9.99. The standard InChI is InChI=1S/C24H27F2N5OS/c1-12(9-28-23(32)22-21(27)16-6-3-13(2)29-24(16)33-22)17-7-19(26)20(8-18(17)25)31-10-14-4-5-15(11-31)30-14/h3,6-8,12,14-15,30H,4-5,9-11,27H2,1-2H3,(H,28,32). The molecule has 9 heteroatoms. The van der Waals surface area contributed by atoms with Gasteiger partial charge >= 0.3 is 0 Å². The van der Waals surface area contributed by atoms with Crippen molar-refractivity contribution >= 4 is 38.8 Å². The van der Waals surface area contributed by atoms with E-state index in [0.717, 1.165) is 23.9 Å². The highest BCUT2D eigenvalue weighted by atomic mass is 32.1. The summed E-state index contributed by atoms with van der Waals surface area (Å²) in [6, 6.07) is 6.94. The van der Waals surface area contributed by atoms with Crippen molar-refractivity contribution < 1.29 is 13.6 Å². The maximum atomic E-state index is 15.0. The molecule has 0 spiro atoms. The van der Waals surface area contributed by atoms with Crippen molar-refractivity contribution in [3.63, 3.8) is 0 Å². The van der Waals surface area contributed by atoms with E-state index in [-0.39, 0.29) is 18.0 Å². The molecule has 2 aromatic heterocycles. The first-order valence-electron chi connectivity index (χ1n) is 11.2. The third-order valence-electron chi connectivity index (χ3n) is 6.66. The summed E-state index contributed by atoms with van der Waals surface area (Å²) in [4.78, 5) is 20.2. The first-order chi connectivity index (χ1) is 15.8. The third-order valence-corrected chi connectivity index (χ3v) is 7.78. The molecule has 0 aliphatic carbocycles. The second-order valence-corrected chi connectivity index (χ2v) is 10.1. The number of halogens is 2. The average Bonchev–Trinajstić information content (AvgIpc) is 3.30. The van der Waals surface area contributed by atoms with Crippen LogP contribution in [0, 0.1) is 18.6 Å². The zero-order chi connectivity index (χ0) is 23.3. The number of thiophene rings is 1. The number of rotatable bonds is 5. The van der Waals surface area contributed by atoms with Gasteiger partial charge in [-0.1, -0.05) is 6.92 Å². The number of hydrogen-bond donors (Lipinski definition) is 3. The summed E-state index contributed by atoms with van der Waals surface area (Å²) in [6.45, 7) is 5.17. The summed E-state index contributed by atoms with van der Waals surface area (Å²) in [5.74, 6) is -1.64. The fraction of sp³-hybridized carbons (Fsp3) is 0.417. The van der Waals surface area contributed by atoms with Crippen LogP contribution in [0.25, 0.3) is 10.2 Å². The van der Waals surface area contributed by atoms with Crippen LogP contribution in [0.4, 0.5) is 20.2 Å². The zero-order valence-electron chi connectivity index (χ0n) is 18.6. The van der Waals surface area contributed by atoms with Crippen LogP contribution in [0.2, 0.25) is 0 Å². The molecule has 0 radical (unpaired) electrons. The lowest BCUT2D eigenvalue weighted by Crippen LogP contribution is -2.51. The maximum absolute atomic E-state index is 15.0. The second-order valence-electron chi connectivity index (χ2n) is 9.13. The molecule has 2 saturated heterocycles. The molecule has 2 fully saturated rings. The normalized spacial score (nSPS) is 20.9. The van der Waals surface area contributed by atoms with Gasteiger partial charge in [0, 0.05) is 54.8 Å². The number of carbonyl (C=O) groups excluding carboxylic acids is 1. The molecule has 4 N–H and O–H groups in total. The predicted octanol–water partition coefficient (Wildman–Crippen LogP) is 3.94. The Hall–Kier alpha value is -2.78. The Bertz CT molecular complexity index is 1220. The Morgan fingerprint density at radius 3 is 2.73 bits per heavy atom. The largest absolute Gasteiger partial charge is 0.397 e. The number of aromatic nitrogens is 1. The third kappa shape index (κ3) is 4.15. The maximum Gasteiger partial charge on any atom is 0.263 e. The van der Waals surface area contributed by atoms with Gasteiger partial charge in [0.05, 0.1) is 11.4 Å². The van der Waals surface area contributed by atoms with Gasteiger partial charge in [-0.3, -0.25) is 4.79 Å². The minimum atomic E-state index is -0.458. The van der Waals surface area contributed by atoms with Gasteiger partial charge in [-0.2, -0.15) is 0 Å². The Balaban J connectivity index is 1.29. The number of hydrogen-bond acceptors (Lipinski definition) is 6. The van der Waals surface area contributed by atoms with Gasteiger partial charge in [-0.05, 0) is 43.5 Å². The van der Waals surface area contributed by atoms with Crippen molar-refractivity contribution in [1.29, 1.82) is 0 Å². The fourth-order valence-corrected chi connectivity index (χ4v) is 5.92. The van der Waals surface area contributed by atoms with Crippen molar-refractivity contribution in [3.05, 3.63) is 52.0 Å². The molecule has 3 atom stereocenters. The molecule has 3 aromatic rings. The Kier molecular flexibility index (Phi) is 5.70. The van der Waals surface area contributed by atoms with E-state index in [0.29, 0.717) is 46.3 Å². The molecule has 5 rings (SSSR count). The van der Waals surface area contributed by atoms with Crippen molar-refractivity contribution in [2.75, 3.05) is 30.3 Å². The summed E-state index contributed by atoms with van der Waals surface area (Å²) in [7, 11) is 0. The summed E-state index contributed by atoms with van der Waals surface area (Å²) < 4.78 is 30.0. The number of carbonyl (C=O) groups is 1. The van der Waals surface area contributed by atoms with E-state index in [1.807, 2.05) is 24.0 Å². The van der Waals surface area contributed by atoms with E-state index in [1.54, 1.807) is 6.92 Å². The number of benzene rings is 1. The molecular weight excluding hydrogens is 444 g/mol. The molecular formula is C24H27F2N5OS. The zero-order valence-corrected chi connectivity index (χ0v) is 19.4. The van der Waals surface area contributed by atoms with Crippen LogP contribution in [0.3, 0.4) is 0 Å². The lowest BCUT2D eigenvalue weighted by Gasteiger charge is -2.35. The minimum Gasteiger partial charge on any atom is -0.397 e. The monoisotopic (exact) mass is 471 g/mol. The molecule has 2 aliphatic heterocycles. The van der Waals surface area contributed by atoms with Gasteiger partial charge in [0.2, 0.25) is 0 Å². The number of nitrogens with two attached hydrogens (primary N) is 1. The quantitative estimate of drug-likeness (QED) is 0.525. The number of nitrogens with one attached hydrogen (secondary N) is 2. The van der Waals surface area contributed by atoms with Gasteiger partial charge in [-0.25, -0.2) is 13.8 Å². The summed E-state index contributed by atoms with van der Waals surface area (Å²) in [5.41, 5.74) is 7.95. The topological polar surface area (TPSA) is 83.3 Å². The molecule has 0 saturated carbocycles. The number of aryl methyl sites for hydroxylation is 1. The highest BCUT2D eigenvalue weighted by Crippen LogP contribution is 2.33. The first kappa shape index (κ1) is 22.0. The van der Waals surface area contributed by atoms with Gasteiger partial charge in [0.25, 0.3) is 5.91 Å². The van der Waals surface area contributed by atoms with Crippen LogP contribution in [0.5, 0.6) is 0 Å². The van der Waals surface area contributed by atoms with Crippen LogP contribution >= 0.6 is 11.3 Å². The number of fused-ring (bicyclic) bond motifs is 3. The van der Waals surface area contributed by atoms with E-state index >= 15 is 0 Å². The Morgan fingerprint density at radius 2 is 2.00 bits per heavy atom. The smallest absolute Gasteiger partial charge is 0.263 e. The van der Waals surface area contributed by atoms with Crippen molar-refractivity contribution in [2.24, 2.45) is 0 Å². The number of pyridine rings is 1. The molecule has 174 valence electrons. The van der Waals surface area contributed by atoms with Gasteiger partial charge in [0.1, 0.15) is 21.3 Å². The van der Waals surface area contributed by atoms with Crippen molar-refractivity contribution in [3.8, 4) is 0 Å².